The van der Waals surface area contributed by atoms with Crippen LogP contribution in [0.15, 0.2) is 46.9 Å². The molecule has 1 aromatic heterocycles. The van der Waals surface area contributed by atoms with Crippen LogP contribution in [0.2, 0.25) is 0 Å². The number of nitrogens with zero attached hydrogens (tertiary/aromatic N) is 1. The number of hydrogen-bond acceptors (Lipinski definition) is 7. The van der Waals surface area contributed by atoms with Gasteiger partial charge in [-0.15, -0.1) is 11.3 Å². The summed E-state index contributed by atoms with van der Waals surface area (Å²) < 4.78 is 11.7. The van der Waals surface area contributed by atoms with Crippen LogP contribution in [0.4, 0.5) is 5.00 Å². The highest BCUT2D eigenvalue weighted by Crippen LogP contribution is 2.41. The molecule has 9 heteroatoms. The normalized spacial score (nSPS) is 17.4. The molecular formula is C24H22BrN3O4S. The second-order valence-corrected chi connectivity index (χ2v) is 9.99. The molecule has 1 amide bonds. The molecule has 0 aliphatic carbocycles. The van der Waals surface area contributed by atoms with E-state index in [4.69, 9.17) is 9.47 Å². The van der Waals surface area contributed by atoms with E-state index >= 15 is 0 Å². The number of amides is 1. The van der Waals surface area contributed by atoms with Crippen molar-refractivity contribution in [2.24, 2.45) is 0 Å². The summed E-state index contributed by atoms with van der Waals surface area (Å²) in [5.41, 5.74) is 3.15. The van der Waals surface area contributed by atoms with Gasteiger partial charge in [-0.05, 0) is 64.8 Å². The minimum atomic E-state index is -0.489. The summed E-state index contributed by atoms with van der Waals surface area (Å²) in [7, 11) is 3.61. The smallest absolute Gasteiger partial charge is 0.344 e. The zero-order valence-corrected chi connectivity index (χ0v) is 20.5. The Bertz CT molecular complexity index is 1260. The topological polar surface area (TPSA) is 79.9 Å². The standard InChI is InChI=1S/C24H22BrN3O4S/c1-28-10-9-15-19(12-28)33-23-20(15)22(29)26-21(27-23)13-7-8-17(18(11-13)31-2)32-24(30)14-5-3-4-6-16(14)25/h3-8,11,21,27H,9-10,12H2,1-2H3,(H,26,29)/t21-/m1/s1. The highest BCUT2D eigenvalue weighted by Gasteiger charge is 2.33. The molecule has 0 bridgehead atoms. The minimum Gasteiger partial charge on any atom is -0.493 e. The Morgan fingerprint density at radius 3 is 2.79 bits per heavy atom. The van der Waals surface area contributed by atoms with Gasteiger partial charge >= 0.3 is 5.97 Å². The molecule has 170 valence electrons. The first kappa shape index (κ1) is 21.9. The number of carbonyl (C=O) groups excluding carboxylic acids is 2. The van der Waals surface area contributed by atoms with Crippen LogP contribution in [0, 0.1) is 0 Å². The number of esters is 1. The van der Waals surface area contributed by atoms with Gasteiger partial charge in [-0.1, -0.05) is 18.2 Å². The molecule has 2 aromatic carbocycles. The van der Waals surface area contributed by atoms with Crippen LogP contribution in [-0.4, -0.2) is 37.5 Å². The summed E-state index contributed by atoms with van der Waals surface area (Å²) in [5.74, 6) is 0.150. The number of methoxy groups -OCH3 is 1. The number of anilines is 1. The van der Waals surface area contributed by atoms with Gasteiger partial charge in [0.15, 0.2) is 11.5 Å². The second-order valence-electron chi connectivity index (χ2n) is 8.03. The second kappa shape index (κ2) is 8.81. The Kier molecular flexibility index (Phi) is 5.86. The minimum absolute atomic E-state index is 0.0702. The third-order valence-corrected chi connectivity index (χ3v) is 7.68. The molecule has 2 N–H and O–H groups in total. The number of thiophene rings is 1. The molecule has 7 nitrogen and oxygen atoms in total. The number of halogens is 1. The highest BCUT2D eigenvalue weighted by atomic mass is 79.9. The van der Waals surface area contributed by atoms with Crippen LogP contribution in [0.3, 0.4) is 0 Å². The van der Waals surface area contributed by atoms with Crippen molar-refractivity contribution < 1.29 is 19.1 Å². The number of hydrogen-bond donors (Lipinski definition) is 2. The van der Waals surface area contributed by atoms with Crippen LogP contribution in [0.25, 0.3) is 0 Å². The van der Waals surface area contributed by atoms with Crippen LogP contribution in [0.5, 0.6) is 11.5 Å². The predicted molar refractivity (Wildman–Crippen MR) is 130 cm³/mol. The number of likely N-dealkylation sites (N-methyl/N-ethyl adjacent to an activating group) is 1. The molecule has 2 aliphatic heterocycles. The SMILES string of the molecule is COc1cc([C@@H]2NC(=O)c3c(sc4c3CCN(C)C4)N2)ccc1OC(=O)c1ccccc1Br. The van der Waals surface area contributed by atoms with Crippen molar-refractivity contribution in [2.75, 3.05) is 26.0 Å². The average molecular weight is 528 g/mol. The van der Waals surface area contributed by atoms with E-state index in [1.807, 2.05) is 12.1 Å². The van der Waals surface area contributed by atoms with Crippen molar-refractivity contribution in [3.8, 4) is 11.5 Å². The highest BCUT2D eigenvalue weighted by molar-refractivity contribution is 9.10. The van der Waals surface area contributed by atoms with E-state index in [1.165, 1.54) is 12.0 Å². The van der Waals surface area contributed by atoms with E-state index in [1.54, 1.807) is 41.7 Å². The van der Waals surface area contributed by atoms with Gasteiger partial charge in [-0.3, -0.25) is 4.79 Å². The molecular weight excluding hydrogens is 506 g/mol. The fraction of sp³-hybridized carbons (Fsp3) is 0.250. The Balaban J connectivity index is 1.39. The monoisotopic (exact) mass is 527 g/mol. The summed E-state index contributed by atoms with van der Waals surface area (Å²) in [5, 5.41) is 7.41. The average Bonchev–Trinajstić information content (AvgIpc) is 3.17. The molecule has 0 saturated heterocycles. The third kappa shape index (κ3) is 4.12. The maximum atomic E-state index is 13.0. The number of rotatable bonds is 4. The summed E-state index contributed by atoms with van der Waals surface area (Å²) in [6, 6.07) is 12.3. The first-order valence-electron chi connectivity index (χ1n) is 10.5. The Morgan fingerprint density at radius 2 is 2.00 bits per heavy atom. The summed E-state index contributed by atoms with van der Waals surface area (Å²) >= 11 is 5.02. The van der Waals surface area contributed by atoms with E-state index in [-0.39, 0.29) is 5.91 Å². The number of nitrogens with one attached hydrogen (secondary N) is 2. The largest absolute Gasteiger partial charge is 0.493 e. The molecule has 0 unspecified atom stereocenters. The fourth-order valence-corrected chi connectivity index (χ4v) is 5.94. The Labute approximate surface area is 203 Å². The Morgan fingerprint density at radius 1 is 1.18 bits per heavy atom. The molecule has 3 heterocycles. The van der Waals surface area contributed by atoms with Gasteiger partial charge in [0, 0.05) is 22.4 Å². The molecule has 5 rings (SSSR count). The molecule has 0 spiro atoms. The lowest BCUT2D eigenvalue weighted by Gasteiger charge is -2.27. The van der Waals surface area contributed by atoms with E-state index in [0.717, 1.165) is 41.2 Å². The fourth-order valence-electron chi connectivity index (χ4n) is 4.14. The zero-order valence-electron chi connectivity index (χ0n) is 18.1. The maximum Gasteiger partial charge on any atom is 0.344 e. The van der Waals surface area contributed by atoms with E-state index in [0.29, 0.717) is 21.5 Å². The quantitative estimate of drug-likeness (QED) is 0.381. The van der Waals surface area contributed by atoms with Crippen molar-refractivity contribution in [3.63, 3.8) is 0 Å². The number of benzene rings is 2. The zero-order chi connectivity index (χ0) is 23.1. The lowest BCUT2D eigenvalue weighted by atomic mass is 10.0. The first-order valence-corrected chi connectivity index (χ1v) is 12.1. The van der Waals surface area contributed by atoms with Crippen molar-refractivity contribution in [2.45, 2.75) is 19.1 Å². The lowest BCUT2D eigenvalue weighted by molar-refractivity contribution is 0.0728. The third-order valence-electron chi connectivity index (χ3n) is 5.84. The predicted octanol–water partition coefficient (Wildman–Crippen LogP) is 4.58. The van der Waals surface area contributed by atoms with Gasteiger partial charge in [-0.2, -0.15) is 0 Å². The summed E-state index contributed by atoms with van der Waals surface area (Å²) in [6.07, 6.45) is 0.466. The molecule has 33 heavy (non-hydrogen) atoms. The molecule has 0 fully saturated rings. The van der Waals surface area contributed by atoms with Gasteiger partial charge in [-0.25, -0.2) is 4.79 Å². The van der Waals surface area contributed by atoms with Crippen LogP contribution < -0.4 is 20.1 Å². The molecule has 0 saturated carbocycles. The first-order chi connectivity index (χ1) is 15.9. The van der Waals surface area contributed by atoms with E-state index < -0.39 is 12.1 Å². The number of fused-ring (bicyclic) bond motifs is 3. The van der Waals surface area contributed by atoms with Gasteiger partial charge in [0.25, 0.3) is 5.91 Å². The summed E-state index contributed by atoms with van der Waals surface area (Å²) in [6.45, 7) is 1.81. The van der Waals surface area contributed by atoms with Crippen molar-refractivity contribution >= 4 is 44.1 Å². The van der Waals surface area contributed by atoms with Gasteiger partial charge < -0.3 is 25.0 Å². The van der Waals surface area contributed by atoms with Gasteiger partial charge in [0.1, 0.15) is 11.2 Å². The molecule has 3 aromatic rings. The van der Waals surface area contributed by atoms with Crippen LogP contribution >= 0.6 is 27.3 Å². The number of ether oxygens (including phenoxy) is 2. The van der Waals surface area contributed by atoms with Crippen LogP contribution in [0.1, 0.15) is 42.9 Å². The molecule has 1 atom stereocenters. The Hall–Kier alpha value is -2.88. The van der Waals surface area contributed by atoms with Crippen LogP contribution in [-0.2, 0) is 13.0 Å². The summed E-state index contributed by atoms with van der Waals surface area (Å²) in [4.78, 5) is 29.1. The lowest BCUT2D eigenvalue weighted by Crippen LogP contribution is -2.38. The maximum absolute atomic E-state index is 13.0. The van der Waals surface area contributed by atoms with Crippen molar-refractivity contribution in [1.82, 2.24) is 10.2 Å². The van der Waals surface area contributed by atoms with Crippen molar-refractivity contribution in [1.29, 1.82) is 0 Å². The van der Waals surface area contributed by atoms with Gasteiger partial charge in [0.05, 0.1) is 18.2 Å². The van der Waals surface area contributed by atoms with E-state index in [2.05, 4.69) is 38.5 Å². The molecule has 2 aliphatic rings. The van der Waals surface area contributed by atoms with Crippen molar-refractivity contribution in [3.05, 3.63) is 74.1 Å². The van der Waals surface area contributed by atoms with Gasteiger partial charge in [0.2, 0.25) is 0 Å². The molecule has 0 radical (unpaired) electrons. The van der Waals surface area contributed by atoms with E-state index in [9.17, 15) is 9.59 Å². The number of carbonyl (C=O) groups is 2.